The Labute approximate surface area is 137 Å². The summed E-state index contributed by atoms with van der Waals surface area (Å²) < 4.78 is 5.09. The normalized spacial score (nSPS) is 12.2. The van der Waals surface area contributed by atoms with Crippen molar-refractivity contribution in [1.29, 1.82) is 0 Å². The Kier molecular flexibility index (Phi) is 4.95. The summed E-state index contributed by atoms with van der Waals surface area (Å²) in [4.78, 5) is 16.3. The van der Waals surface area contributed by atoms with Crippen molar-refractivity contribution in [3.05, 3.63) is 60.7 Å². The summed E-state index contributed by atoms with van der Waals surface area (Å²) in [5.41, 5.74) is 0. The highest BCUT2D eigenvalue weighted by Gasteiger charge is 2.12. The first-order valence-corrected chi connectivity index (χ1v) is 8.17. The average Bonchev–Trinajstić information content (AvgIpc) is 3.12. The number of nitrogens with one attached hydrogen (secondary N) is 1. The fourth-order valence-corrected chi connectivity index (χ4v) is 3.03. The fraction of sp³-hybridized carbons (Fsp3) is 0.176. The number of carbonyl (C=O) groups excluding carboxylic acids is 1. The number of carbonyl (C=O) groups is 1. The summed E-state index contributed by atoms with van der Waals surface area (Å²) in [6.45, 7) is 0.121. The van der Waals surface area contributed by atoms with Crippen LogP contribution < -0.4 is 5.32 Å². The van der Waals surface area contributed by atoms with Gasteiger partial charge in [-0.05, 0) is 23.6 Å². The third-order valence-electron chi connectivity index (χ3n) is 3.34. The first-order chi connectivity index (χ1) is 11.2. The van der Waals surface area contributed by atoms with Gasteiger partial charge in [0.2, 0.25) is 5.91 Å². The van der Waals surface area contributed by atoms with Crippen molar-refractivity contribution in [2.75, 3.05) is 12.3 Å². The number of furan rings is 1. The molecular formula is C17H16N2O3S. The summed E-state index contributed by atoms with van der Waals surface area (Å²) in [6.07, 6.45) is 2.39. The van der Waals surface area contributed by atoms with E-state index in [1.54, 1.807) is 18.3 Å². The Morgan fingerprint density at radius 3 is 2.96 bits per heavy atom. The molecule has 3 rings (SSSR count). The van der Waals surface area contributed by atoms with Gasteiger partial charge in [-0.3, -0.25) is 4.79 Å². The zero-order valence-electron chi connectivity index (χ0n) is 12.3. The Morgan fingerprint density at radius 1 is 1.26 bits per heavy atom. The lowest BCUT2D eigenvalue weighted by Crippen LogP contribution is -2.29. The van der Waals surface area contributed by atoms with Crippen molar-refractivity contribution < 1.29 is 14.3 Å². The molecule has 118 valence electrons. The Morgan fingerprint density at radius 2 is 2.13 bits per heavy atom. The highest BCUT2D eigenvalue weighted by molar-refractivity contribution is 8.00. The van der Waals surface area contributed by atoms with Crippen molar-refractivity contribution in [2.24, 2.45) is 0 Å². The van der Waals surface area contributed by atoms with Crippen molar-refractivity contribution in [3.8, 4) is 0 Å². The van der Waals surface area contributed by atoms with Gasteiger partial charge >= 0.3 is 0 Å². The summed E-state index contributed by atoms with van der Waals surface area (Å²) >= 11 is 1.38. The highest BCUT2D eigenvalue weighted by Crippen LogP contribution is 2.25. The fourth-order valence-electron chi connectivity index (χ4n) is 2.18. The average molecular weight is 328 g/mol. The minimum atomic E-state index is -0.838. The second-order valence-corrected chi connectivity index (χ2v) is 5.93. The lowest BCUT2D eigenvalue weighted by atomic mass is 10.2. The van der Waals surface area contributed by atoms with E-state index in [2.05, 4.69) is 10.3 Å². The van der Waals surface area contributed by atoms with Gasteiger partial charge in [-0.2, -0.15) is 0 Å². The standard InChI is InChI=1S/C17H16N2O3S/c20-14(15-6-3-9-22-15)10-19-16(21)11-23-17-13-5-2-1-4-12(13)7-8-18-17/h1-9,14,20H,10-11H2,(H,19,21). The molecule has 2 N–H and O–H groups in total. The number of aromatic nitrogens is 1. The molecule has 0 saturated carbocycles. The molecule has 0 bridgehead atoms. The van der Waals surface area contributed by atoms with Gasteiger partial charge in [0.25, 0.3) is 0 Å². The van der Waals surface area contributed by atoms with Gasteiger partial charge in [-0.15, -0.1) is 0 Å². The quantitative estimate of drug-likeness (QED) is 0.681. The third kappa shape index (κ3) is 3.91. The van der Waals surface area contributed by atoms with Gasteiger partial charge in [0, 0.05) is 11.6 Å². The lowest BCUT2D eigenvalue weighted by molar-refractivity contribution is -0.119. The number of hydrogen-bond acceptors (Lipinski definition) is 5. The van der Waals surface area contributed by atoms with Gasteiger partial charge in [0.15, 0.2) is 0 Å². The largest absolute Gasteiger partial charge is 0.467 e. The molecule has 0 saturated heterocycles. The third-order valence-corrected chi connectivity index (χ3v) is 4.35. The summed E-state index contributed by atoms with van der Waals surface area (Å²) in [5, 5.41) is 15.5. The molecule has 0 aliphatic rings. The second-order valence-electron chi connectivity index (χ2n) is 4.96. The number of rotatable bonds is 6. The molecule has 0 spiro atoms. The van der Waals surface area contributed by atoms with Gasteiger partial charge in [0.05, 0.1) is 18.6 Å². The number of benzene rings is 1. The van der Waals surface area contributed by atoms with Gasteiger partial charge in [0.1, 0.15) is 16.9 Å². The lowest BCUT2D eigenvalue weighted by Gasteiger charge is -2.09. The van der Waals surface area contributed by atoms with E-state index >= 15 is 0 Å². The molecule has 5 nitrogen and oxygen atoms in total. The van der Waals surface area contributed by atoms with Crippen LogP contribution in [0.1, 0.15) is 11.9 Å². The number of amides is 1. The minimum absolute atomic E-state index is 0.121. The maximum atomic E-state index is 11.9. The SMILES string of the molecule is O=C(CSc1nccc2ccccc12)NCC(O)c1ccco1. The molecule has 1 aromatic carbocycles. The van der Waals surface area contributed by atoms with Crippen LogP contribution in [0.3, 0.4) is 0 Å². The molecule has 1 atom stereocenters. The van der Waals surface area contributed by atoms with Crippen LogP contribution in [-0.4, -0.2) is 28.3 Å². The molecule has 6 heteroatoms. The van der Waals surface area contributed by atoms with E-state index in [9.17, 15) is 9.90 Å². The number of pyridine rings is 1. The Bertz CT molecular complexity index is 784. The molecule has 0 fully saturated rings. The zero-order valence-corrected chi connectivity index (χ0v) is 13.1. The van der Waals surface area contributed by atoms with Gasteiger partial charge < -0.3 is 14.8 Å². The molecular weight excluding hydrogens is 312 g/mol. The van der Waals surface area contributed by atoms with Crippen LogP contribution in [0.2, 0.25) is 0 Å². The highest BCUT2D eigenvalue weighted by atomic mass is 32.2. The van der Waals surface area contributed by atoms with E-state index in [1.807, 2.05) is 30.3 Å². The number of aliphatic hydroxyl groups is 1. The van der Waals surface area contributed by atoms with Crippen LogP contribution in [0.15, 0.2) is 64.4 Å². The predicted molar refractivity (Wildman–Crippen MR) is 89.1 cm³/mol. The van der Waals surface area contributed by atoms with Gasteiger partial charge in [-0.25, -0.2) is 4.98 Å². The van der Waals surface area contributed by atoms with E-state index in [0.717, 1.165) is 15.8 Å². The van der Waals surface area contributed by atoms with Crippen molar-refractivity contribution in [2.45, 2.75) is 11.1 Å². The maximum Gasteiger partial charge on any atom is 0.230 e. The summed E-state index contributed by atoms with van der Waals surface area (Å²) in [7, 11) is 0. The topological polar surface area (TPSA) is 75.4 Å². The number of nitrogens with zero attached hydrogens (tertiary/aromatic N) is 1. The molecule has 3 aromatic rings. The summed E-state index contributed by atoms with van der Waals surface area (Å²) in [6, 6.07) is 13.2. The molecule has 1 unspecified atom stereocenters. The maximum absolute atomic E-state index is 11.9. The van der Waals surface area contributed by atoms with E-state index in [0.29, 0.717) is 5.76 Å². The zero-order chi connectivity index (χ0) is 16.1. The number of fused-ring (bicyclic) bond motifs is 1. The molecule has 0 aliphatic carbocycles. The predicted octanol–water partition coefficient (Wildman–Crippen LogP) is 2.77. The summed E-state index contributed by atoms with van der Waals surface area (Å²) in [5.74, 6) is 0.523. The molecule has 0 radical (unpaired) electrons. The van der Waals surface area contributed by atoms with Crippen molar-refractivity contribution in [1.82, 2.24) is 10.3 Å². The number of hydrogen-bond donors (Lipinski definition) is 2. The van der Waals surface area contributed by atoms with Crippen molar-refractivity contribution in [3.63, 3.8) is 0 Å². The van der Waals surface area contributed by atoms with Crippen LogP contribution in [0.25, 0.3) is 10.8 Å². The molecule has 1 amide bonds. The molecule has 2 aromatic heterocycles. The smallest absolute Gasteiger partial charge is 0.230 e. The van der Waals surface area contributed by atoms with E-state index in [1.165, 1.54) is 18.0 Å². The van der Waals surface area contributed by atoms with Crippen LogP contribution in [-0.2, 0) is 4.79 Å². The van der Waals surface area contributed by atoms with Crippen LogP contribution in [0, 0.1) is 0 Å². The van der Waals surface area contributed by atoms with E-state index in [4.69, 9.17) is 4.42 Å². The molecule has 2 heterocycles. The Hall–Kier alpha value is -2.31. The monoisotopic (exact) mass is 328 g/mol. The van der Waals surface area contributed by atoms with Crippen molar-refractivity contribution >= 4 is 28.4 Å². The number of aliphatic hydroxyl groups excluding tert-OH is 1. The van der Waals surface area contributed by atoms with E-state index < -0.39 is 6.10 Å². The van der Waals surface area contributed by atoms with Gasteiger partial charge in [-0.1, -0.05) is 36.0 Å². The van der Waals surface area contributed by atoms with E-state index in [-0.39, 0.29) is 18.2 Å². The van der Waals surface area contributed by atoms with Crippen LogP contribution >= 0.6 is 11.8 Å². The first-order valence-electron chi connectivity index (χ1n) is 7.19. The van der Waals surface area contributed by atoms with Crippen LogP contribution in [0.5, 0.6) is 0 Å². The molecule has 23 heavy (non-hydrogen) atoms. The van der Waals surface area contributed by atoms with Crippen LogP contribution in [0.4, 0.5) is 0 Å². The second kappa shape index (κ2) is 7.30. The Balaban J connectivity index is 1.54. The number of thioether (sulfide) groups is 1. The minimum Gasteiger partial charge on any atom is -0.467 e. The molecule has 0 aliphatic heterocycles. The first kappa shape index (κ1) is 15.6.